The second-order valence-corrected chi connectivity index (χ2v) is 6.16. The van der Waals surface area contributed by atoms with Crippen molar-refractivity contribution in [1.29, 1.82) is 0 Å². The highest BCUT2D eigenvalue weighted by Crippen LogP contribution is 2.34. The van der Waals surface area contributed by atoms with Gasteiger partial charge in [0, 0.05) is 29.7 Å². The molecule has 0 saturated carbocycles. The minimum Gasteiger partial charge on any atom is -0.367 e. The zero-order chi connectivity index (χ0) is 14.4. The van der Waals surface area contributed by atoms with Gasteiger partial charge >= 0.3 is 0 Å². The minimum atomic E-state index is 0.220. The fraction of sp³-hybridized carbons (Fsp3) is 0.294. The zero-order valence-electron chi connectivity index (χ0n) is 11.6. The van der Waals surface area contributed by atoms with Crippen LogP contribution in [0.5, 0.6) is 0 Å². The summed E-state index contributed by atoms with van der Waals surface area (Å²) in [7, 11) is 0. The number of halogens is 1. The quantitative estimate of drug-likeness (QED) is 0.807. The van der Waals surface area contributed by atoms with Gasteiger partial charge in [-0.2, -0.15) is 0 Å². The summed E-state index contributed by atoms with van der Waals surface area (Å²) in [6.07, 6.45) is 5.85. The average Bonchev–Trinajstić information content (AvgIpc) is 2.50. The smallest absolute Gasteiger partial charge is 0.155 e. The van der Waals surface area contributed by atoms with Crippen molar-refractivity contribution >= 4 is 34.4 Å². The van der Waals surface area contributed by atoms with Crippen molar-refractivity contribution in [1.82, 2.24) is 9.88 Å². The number of piperidine rings is 3. The number of hydrogen-bond acceptors (Lipinski definition) is 3. The number of pyridine rings is 1. The van der Waals surface area contributed by atoms with Crippen molar-refractivity contribution in [2.45, 2.75) is 12.8 Å². The number of para-hydroxylation sites is 1. The van der Waals surface area contributed by atoms with Crippen molar-refractivity contribution in [3.05, 3.63) is 46.7 Å². The molecule has 5 rings (SSSR count). The maximum absolute atomic E-state index is 11.8. The monoisotopic (exact) mass is 298 g/mol. The summed E-state index contributed by atoms with van der Waals surface area (Å²) in [5, 5.41) is 1.74. The first-order valence-electron chi connectivity index (χ1n) is 7.24. The standard InChI is InChI=1S/C17H15ClN2O/c18-15-3-1-2-14-11(4-6-19-17(14)15)8-13-9-12-5-7-20(13)10-16(12)21/h1-4,6,8,12H,5,7,9-10H2/b13-8+/t12-/m0/s1. The highest BCUT2D eigenvalue weighted by atomic mass is 35.5. The predicted octanol–water partition coefficient (Wildman–Crippen LogP) is 3.52. The molecule has 3 saturated heterocycles. The summed E-state index contributed by atoms with van der Waals surface area (Å²) in [6, 6.07) is 7.86. The summed E-state index contributed by atoms with van der Waals surface area (Å²) >= 11 is 6.22. The number of allylic oxidation sites excluding steroid dienone is 1. The van der Waals surface area contributed by atoms with Gasteiger partial charge in [0.2, 0.25) is 0 Å². The Kier molecular flexibility index (Phi) is 2.96. The molecule has 2 aromatic rings. The summed E-state index contributed by atoms with van der Waals surface area (Å²) < 4.78 is 0. The van der Waals surface area contributed by atoms with E-state index in [1.807, 2.05) is 24.3 Å². The van der Waals surface area contributed by atoms with Gasteiger partial charge in [0.15, 0.2) is 5.78 Å². The lowest BCUT2D eigenvalue weighted by atomic mass is 9.84. The maximum atomic E-state index is 11.8. The molecule has 3 aliphatic rings. The van der Waals surface area contributed by atoms with Gasteiger partial charge in [0.05, 0.1) is 17.1 Å². The molecule has 106 valence electrons. The third-order valence-electron chi connectivity index (χ3n) is 4.49. The number of rotatable bonds is 1. The van der Waals surface area contributed by atoms with Gasteiger partial charge in [-0.25, -0.2) is 0 Å². The molecule has 0 unspecified atom stereocenters. The number of ketones is 1. The molecule has 4 heteroatoms. The normalized spacial score (nSPS) is 23.3. The van der Waals surface area contributed by atoms with Crippen LogP contribution in [0.1, 0.15) is 18.4 Å². The number of fused-ring (bicyclic) bond motifs is 4. The molecule has 0 aliphatic carbocycles. The van der Waals surface area contributed by atoms with E-state index < -0.39 is 0 Å². The Morgan fingerprint density at radius 1 is 1.33 bits per heavy atom. The van der Waals surface area contributed by atoms with Crippen LogP contribution in [0, 0.1) is 5.92 Å². The van der Waals surface area contributed by atoms with Gasteiger partial charge < -0.3 is 4.90 Å². The summed E-state index contributed by atoms with van der Waals surface area (Å²) in [4.78, 5) is 18.4. The molecule has 3 aliphatic heterocycles. The largest absolute Gasteiger partial charge is 0.367 e. The highest BCUT2D eigenvalue weighted by molar-refractivity contribution is 6.35. The van der Waals surface area contributed by atoms with Crippen LogP contribution in [0.3, 0.4) is 0 Å². The van der Waals surface area contributed by atoms with Gasteiger partial charge in [-0.15, -0.1) is 0 Å². The molecule has 0 amide bonds. The molecular weight excluding hydrogens is 284 g/mol. The van der Waals surface area contributed by atoms with Crippen LogP contribution in [0.15, 0.2) is 36.2 Å². The fourth-order valence-corrected chi connectivity index (χ4v) is 3.55. The van der Waals surface area contributed by atoms with Crippen LogP contribution in [0.2, 0.25) is 5.02 Å². The summed E-state index contributed by atoms with van der Waals surface area (Å²) in [5.74, 6) is 0.610. The number of hydrogen-bond donors (Lipinski definition) is 0. The fourth-order valence-electron chi connectivity index (χ4n) is 3.33. The number of benzene rings is 1. The van der Waals surface area contributed by atoms with Gasteiger partial charge in [-0.05, 0) is 36.6 Å². The molecule has 1 aromatic heterocycles. The van der Waals surface area contributed by atoms with Gasteiger partial charge in [-0.1, -0.05) is 23.7 Å². The average molecular weight is 299 g/mol. The van der Waals surface area contributed by atoms with E-state index >= 15 is 0 Å². The van der Waals surface area contributed by atoms with Crippen molar-refractivity contribution in [3.8, 4) is 0 Å². The van der Waals surface area contributed by atoms with E-state index in [9.17, 15) is 4.79 Å². The Morgan fingerprint density at radius 2 is 2.24 bits per heavy atom. The lowest BCUT2D eigenvalue weighted by Gasteiger charge is -2.41. The van der Waals surface area contributed by atoms with E-state index in [-0.39, 0.29) is 5.92 Å². The minimum absolute atomic E-state index is 0.220. The van der Waals surface area contributed by atoms with Crippen LogP contribution < -0.4 is 0 Å². The number of nitrogens with zero attached hydrogens (tertiary/aromatic N) is 2. The molecule has 1 aromatic carbocycles. The van der Waals surface area contributed by atoms with Crippen LogP contribution >= 0.6 is 11.6 Å². The Hall–Kier alpha value is -1.87. The first-order valence-corrected chi connectivity index (χ1v) is 7.61. The number of carbonyl (C=O) groups excluding carboxylic acids is 1. The van der Waals surface area contributed by atoms with Crippen LogP contribution in [0.25, 0.3) is 17.0 Å². The zero-order valence-corrected chi connectivity index (χ0v) is 12.3. The Morgan fingerprint density at radius 3 is 3.00 bits per heavy atom. The van der Waals surface area contributed by atoms with E-state index in [0.29, 0.717) is 17.4 Å². The molecular formula is C17H15ClN2O. The van der Waals surface area contributed by atoms with E-state index in [4.69, 9.17) is 11.6 Å². The van der Waals surface area contributed by atoms with Crippen molar-refractivity contribution < 1.29 is 4.79 Å². The molecule has 1 atom stereocenters. The van der Waals surface area contributed by atoms with E-state index in [0.717, 1.165) is 35.9 Å². The third kappa shape index (κ3) is 2.12. The number of aromatic nitrogens is 1. The van der Waals surface area contributed by atoms with Crippen LogP contribution in [-0.2, 0) is 4.79 Å². The van der Waals surface area contributed by atoms with E-state index in [1.54, 1.807) is 6.20 Å². The topological polar surface area (TPSA) is 33.2 Å². The van der Waals surface area contributed by atoms with Crippen LogP contribution in [0.4, 0.5) is 0 Å². The maximum Gasteiger partial charge on any atom is 0.155 e. The Bertz CT molecular complexity index is 768. The summed E-state index contributed by atoms with van der Waals surface area (Å²) in [5.41, 5.74) is 3.22. The molecule has 2 bridgehead atoms. The molecule has 0 spiro atoms. The Balaban J connectivity index is 1.80. The molecule has 0 radical (unpaired) electrons. The lowest BCUT2D eigenvalue weighted by Crippen LogP contribution is -2.46. The van der Waals surface area contributed by atoms with Crippen molar-refractivity contribution in [2.75, 3.05) is 13.1 Å². The lowest BCUT2D eigenvalue weighted by molar-refractivity contribution is -0.128. The van der Waals surface area contributed by atoms with Crippen LogP contribution in [-0.4, -0.2) is 28.8 Å². The van der Waals surface area contributed by atoms with Crippen molar-refractivity contribution in [2.24, 2.45) is 5.92 Å². The molecule has 4 heterocycles. The Labute approximate surface area is 128 Å². The van der Waals surface area contributed by atoms with E-state index in [1.165, 1.54) is 5.70 Å². The van der Waals surface area contributed by atoms with Gasteiger partial charge in [0.25, 0.3) is 0 Å². The van der Waals surface area contributed by atoms with Gasteiger partial charge in [-0.3, -0.25) is 9.78 Å². The highest BCUT2D eigenvalue weighted by Gasteiger charge is 2.35. The first kappa shape index (κ1) is 12.8. The van der Waals surface area contributed by atoms with E-state index in [2.05, 4.69) is 16.0 Å². The second kappa shape index (κ2) is 4.85. The second-order valence-electron chi connectivity index (χ2n) is 5.75. The van der Waals surface area contributed by atoms with Gasteiger partial charge in [0.1, 0.15) is 0 Å². The third-order valence-corrected chi connectivity index (χ3v) is 4.79. The molecule has 3 nitrogen and oxygen atoms in total. The van der Waals surface area contributed by atoms with Crippen molar-refractivity contribution in [3.63, 3.8) is 0 Å². The number of Topliss-reactive ketones (excluding diaryl/α,β-unsaturated/α-hetero) is 1. The SMILES string of the molecule is O=C1CN2CC[C@H]1C/C2=C\c1ccnc2c(Cl)cccc12. The number of carbonyl (C=O) groups is 1. The predicted molar refractivity (Wildman–Crippen MR) is 84.0 cm³/mol. The molecule has 0 N–H and O–H groups in total. The summed E-state index contributed by atoms with van der Waals surface area (Å²) in [6.45, 7) is 1.56. The first-order chi connectivity index (χ1) is 10.2. The molecule has 21 heavy (non-hydrogen) atoms. The molecule has 3 fully saturated rings.